The highest BCUT2D eigenvalue weighted by Gasteiger charge is 2.54. The summed E-state index contributed by atoms with van der Waals surface area (Å²) in [5.74, 6) is -7.37. The summed E-state index contributed by atoms with van der Waals surface area (Å²) in [5.41, 5.74) is 5.56. The molecule has 6 rings (SSSR count). The first-order valence-electron chi connectivity index (χ1n) is 14.2. The van der Waals surface area contributed by atoms with Crippen LogP contribution in [-0.4, -0.2) is 113 Å². The molecule has 1 aromatic carbocycles. The second-order valence-corrected chi connectivity index (χ2v) is 13.7. The van der Waals surface area contributed by atoms with Gasteiger partial charge < -0.3 is 41.4 Å². The first-order chi connectivity index (χ1) is 24.2. The van der Waals surface area contributed by atoms with Crippen molar-refractivity contribution >= 4 is 81.2 Å². The predicted octanol–water partition coefficient (Wildman–Crippen LogP) is 0.658. The van der Waals surface area contributed by atoms with Gasteiger partial charge in [-0.1, -0.05) is 11.2 Å². The number of amides is 2. The van der Waals surface area contributed by atoms with Gasteiger partial charge in [-0.2, -0.15) is 9.50 Å². The lowest BCUT2D eigenvalue weighted by atomic mass is 10.0. The number of carbonyl (C=O) groups is 5. The van der Waals surface area contributed by atoms with Crippen molar-refractivity contribution in [2.45, 2.75) is 29.5 Å². The molecule has 0 bridgehead atoms. The molecule has 4 aromatic rings. The van der Waals surface area contributed by atoms with Crippen LogP contribution in [0.4, 0.5) is 5.13 Å². The van der Waals surface area contributed by atoms with E-state index in [9.17, 15) is 49.5 Å². The fourth-order valence-corrected chi connectivity index (χ4v) is 8.05. The van der Waals surface area contributed by atoms with Gasteiger partial charge in [0.1, 0.15) is 27.8 Å². The monoisotopic (exact) mass is 757 g/mol. The third-order valence-corrected chi connectivity index (χ3v) is 10.4. The van der Waals surface area contributed by atoms with Crippen molar-refractivity contribution in [2.75, 3.05) is 17.2 Å². The van der Waals surface area contributed by atoms with E-state index in [2.05, 4.69) is 30.5 Å². The molecule has 3 atom stereocenters. The van der Waals surface area contributed by atoms with Gasteiger partial charge in [0.2, 0.25) is 6.10 Å². The summed E-state index contributed by atoms with van der Waals surface area (Å²) in [6.45, 7) is 1.67. The number of thioether (sulfide) groups is 2. The minimum absolute atomic E-state index is 0.0351. The Hall–Kier alpha value is -5.94. The van der Waals surface area contributed by atoms with Gasteiger partial charge in [0.15, 0.2) is 22.3 Å². The number of phenolic OH excluding ortho intramolecular Hbond substituents is 2. The van der Waals surface area contributed by atoms with Crippen molar-refractivity contribution < 1.29 is 54.3 Å². The fourth-order valence-electron chi connectivity index (χ4n) is 4.97. The zero-order valence-corrected chi connectivity index (χ0v) is 28.1. The van der Waals surface area contributed by atoms with Crippen LogP contribution in [-0.2, 0) is 24.0 Å². The lowest BCUT2D eigenvalue weighted by Crippen LogP contribution is -2.71. The fraction of sp³-hybridized carbons (Fsp3) is 0.214. The molecule has 2 amide bonds. The Morgan fingerprint density at radius 3 is 2.53 bits per heavy atom. The molecule has 0 saturated carbocycles. The number of nitrogens with one attached hydrogen (secondary N) is 1. The summed E-state index contributed by atoms with van der Waals surface area (Å²) in [5, 5.41) is 59.7. The van der Waals surface area contributed by atoms with Gasteiger partial charge in [0.05, 0.1) is 0 Å². The third-order valence-electron chi connectivity index (χ3n) is 7.29. The molecule has 2 aliphatic rings. The Labute approximate surface area is 296 Å². The molecule has 2 aliphatic heterocycles. The molecule has 51 heavy (non-hydrogen) atoms. The summed E-state index contributed by atoms with van der Waals surface area (Å²) in [6, 6.07) is 3.55. The smallest absolute Gasteiger partial charge is 0.375 e. The number of carbonyl (C=O) groups excluding carboxylic acids is 2. The van der Waals surface area contributed by atoms with Crippen LogP contribution in [0.1, 0.15) is 33.7 Å². The first kappa shape index (κ1) is 34.9. The van der Waals surface area contributed by atoms with Crippen LogP contribution in [0.5, 0.6) is 11.5 Å². The summed E-state index contributed by atoms with van der Waals surface area (Å²) in [6.07, 6.45) is -1.85. The van der Waals surface area contributed by atoms with E-state index >= 15 is 0 Å². The van der Waals surface area contributed by atoms with Gasteiger partial charge in [-0.15, -0.1) is 40.0 Å². The number of aliphatic carboxylic acids is 2. The van der Waals surface area contributed by atoms with Gasteiger partial charge >= 0.3 is 17.9 Å². The number of nitrogen functional groups attached to an aromatic ring is 1. The number of phenols is 2. The topological polar surface area (TPSA) is 305 Å². The van der Waals surface area contributed by atoms with Crippen molar-refractivity contribution in [3.63, 3.8) is 0 Å². The number of aryl methyl sites for hydroxylation is 1. The summed E-state index contributed by atoms with van der Waals surface area (Å²) in [4.78, 5) is 81.1. The molecule has 8 N–H and O–H groups in total. The Morgan fingerprint density at radius 2 is 1.88 bits per heavy atom. The molecule has 23 heteroatoms. The van der Waals surface area contributed by atoms with Crippen molar-refractivity contribution in [2.24, 2.45) is 5.16 Å². The van der Waals surface area contributed by atoms with Crippen molar-refractivity contribution in [3.8, 4) is 11.5 Å². The number of aromatic nitrogens is 5. The van der Waals surface area contributed by atoms with Crippen LogP contribution in [0.25, 0.3) is 5.78 Å². The molecule has 0 aliphatic carbocycles. The summed E-state index contributed by atoms with van der Waals surface area (Å²) < 4.78 is 1.23. The number of β-lactam (4-membered cyclic amide) rings is 1. The maximum Gasteiger partial charge on any atom is 0.375 e. The largest absolute Gasteiger partial charge is 0.504 e. The molecule has 3 aromatic heterocycles. The van der Waals surface area contributed by atoms with Crippen LogP contribution in [0.2, 0.25) is 0 Å². The van der Waals surface area contributed by atoms with E-state index in [-0.39, 0.29) is 39.4 Å². The van der Waals surface area contributed by atoms with E-state index in [1.807, 2.05) is 0 Å². The Balaban J connectivity index is 1.21. The number of rotatable bonds is 12. The number of carboxylic acid groups (broad SMARTS) is 3. The number of hydrogen-bond acceptors (Lipinski definition) is 17. The van der Waals surface area contributed by atoms with E-state index in [0.717, 1.165) is 46.2 Å². The van der Waals surface area contributed by atoms with Crippen LogP contribution in [0, 0.1) is 6.92 Å². The molecule has 0 spiro atoms. The van der Waals surface area contributed by atoms with Gasteiger partial charge in [0, 0.05) is 28.1 Å². The van der Waals surface area contributed by atoms with Crippen LogP contribution in [0.3, 0.4) is 0 Å². The number of oxime groups is 1. The Kier molecular flexibility index (Phi) is 9.42. The highest BCUT2D eigenvalue weighted by Crippen LogP contribution is 2.42. The van der Waals surface area contributed by atoms with E-state index in [1.54, 1.807) is 13.0 Å². The number of carboxylic acids is 3. The molecule has 1 saturated heterocycles. The standard InChI is InChI=1S/C28H23N9O11S3/c1-9-4-15(37-28(30-9)33-20(34-37)26(46)47)49-6-11-7-50-23-17(22(41)36(23)18(11)24(42)43)32-21(40)16(12-8-51-27(29)31-12)35-48-19(25(44)45)10-2-3-13(38)14(39)5-10/h2-5,8,17,19,23,38-39H,6-7H2,1H3,(H2,29,31)(H,32,40)(H,42,43)(H,44,45)(H,46,47)/t17-,19?,23-/m1/s1. The second-order valence-electron chi connectivity index (χ2n) is 10.7. The number of aromatic carboxylic acids is 1. The summed E-state index contributed by atoms with van der Waals surface area (Å²) >= 11 is 3.27. The molecule has 1 unspecified atom stereocenters. The normalized spacial score (nSPS) is 17.9. The molecule has 1 fully saturated rings. The highest BCUT2D eigenvalue weighted by molar-refractivity contribution is 8.01. The van der Waals surface area contributed by atoms with Crippen molar-refractivity contribution in [1.29, 1.82) is 0 Å². The van der Waals surface area contributed by atoms with E-state index < -0.39 is 70.3 Å². The second kappa shape index (κ2) is 13.8. The lowest BCUT2D eigenvalue weighted by Gasteiger charge is -2.49. The van der Waals surface area contributed by atoms with E-state index in [4.69, 9.17) is 10.6 Å². The Morgan fingerprint density at radius 1 is 1.12 bits per heavy atom. The van der Waals surface area contributed by atoms with Gasteiger partial charge in [0.25, 0.3) is 23.4 Å². The number of aromatic hydroxyl groups is 2. The maximum absolute atomic E-state index is 13.5. The average molecular weight is 758 g/mol. The predicted molar refractivity (Wildman–Crippen MR) is 177 cm³/mol. The summed E-state index contributed by atoms with van der Waals surface area (Å²) in [7, 11) is 0. The van der Waals surface area contributed by atoms with Crippen molar-refractivity contribution in [1.82, 2.24) is 34.8 Å². The van der Waals surface area contributed by atoms with Crippen LogP contribution >= 0.6 is 34.9 Å². The van der Waals surface area contributed by atoms with Crippen molar-refractivity contribution in [3.05, 3.63) is 63.7 Å². The minimum atomic E-state index is -1.85. The number of thiazole rings is 1. The van der Waals surface area contributed by atoms with Gasteiger partial charge in [-0.05, 0) is 30.7 Å². The molecular formula is C28H23N9O11S3. The number of nitrogens with two attached hydrogens (primary N) is 1. The quantitative estimate of drug-likeness (QED) is 0.0261. The number of nitrogens with zero attached hydrogens (tertiary/aromatic N) is 7. The van der Waals surface area contributed by atoms with Gasteiger partial charge in [-0.3, -0.25) is 14.5 Å². The molecule has 5 heterocycles. The zero-order valence-electron chi connectivity index (χ0n) is 25.7. The number of anilines is 1. The van der Waals surface area contributed by atoms with E-state index in [0.29, 0.717) is 16.3 Å². The highest BCUT2D eigenvalue weighted by atomic mass is 32.2. The van der Waals surface area contributed by atoms with E-state index in [1.165, 1.54) is 21.7 Å². The molecule has 0 radical (unpaired) electrons. The number of benzene rings is 1. The third kappa shape index (κ3) is 6.80. The zero-order chi connectivity index (χ0) is 36.7. The molecule has 264 valence electrons. The maximum atomic E-state index is 13.5. The minimum Gasteiger partial charge on any atom is -0.504 e. The lowest BCUT2D eigenvalue weighted by molar-refractivity contribution is -0.151. The first-order valence-corrected chi connectivity index (χ1v) is 17.2. The number of fused-ring (bicyclic) bond motifs is 2. The van der Waals surface area contributed by atoms with Crippen LogP contribution in [0.15, 0.2) is 51.1 Å². The average Bonchev–Trinajstić information content (AvgIpc) is 3.71. The molecular weight excluding hydrogens is 735 g/mol. The SMILES string of the molecule is Cc1cc(SCC2=C(C(=O)O)N3C(=O)[C@@H](NC(=O)C(=NOC(C(=O)O)c4ccc(O)c(O)c4)c4csc(N)n4)[C@H]3SC2)n2nc(C(=O)O)nc2n1. The van der Waals surface area contributed by atoms with Crippen LogP contribution < -0.4 is 11.1 Å². The molecule has 20 nitrogen and oxygen atoms in total. The Bertz CT molecular complexity index is 2200. The van der Waals surface area contributed by atoms with Gasteiger partial charge in [-0.25, -0.2) is 24.4 Å². The number of hydrogen-bond donors (Lipinski definition) is 7.